The molecule has 26 heteroatoms. The summed E-state index contributed by atoms with van der Waals surface area (Å²) in [6, 6.07) is 24.1. The van der Waals surface area contributed by atoms with Crippen molar-refractivity contribution in [3.8, 4) is 0 Å². The highest BCUT2D eigenvalue weighted by Gasteiger charge is 2.52. The molecule has 0 radical (unpaired) electrons. The van der Waals surface area contributed by atoms with E-state index >= 15 is 0 Å². The quantitative estimate of drug-likeness (QED) is 0.0391. The molecular weight excluding hydrogens is 1510 g/mol. The van der Waals surface area contributed by atoms with E-state index in [9.17, 15) is 29.7 Å². The van der Waals surface area contributed by atoms with Crippen LogP contribution in [0, 0.1) is 86.9 Å². The number of halogens is 3. The van der Waals surface area contributed by atoms with Crippen molar-refractivity contribution in [2.45, 2.75) is 183 Å². The smallest absolute Gasteiger partial charge is 0.309 e. The number of hydrogen-bond donors (Lipinski definition) is 6. The number of fused-ring (bicyclic) bond motifs is 2. The van der Waals surface area contributed by atoms with Gasteiger partial charge in [-0.3, -0.25) is 14.4 Å². The van der Waals surface area contributed by atoms with Crippen molar-refractivity contribution in [2.75, 3.05) is 109 Å². The summed E-state index contributed by atoms with van der Waals surface area (Å²) in [6.45, 7) is 32.9. The first-order valence-electron chi connectivity index (χ1n) is 40.7. The molecule has 8 aromatic rings. The molecule has 3 saturated carbocycles. The van der Waals surface area contributed by atoms with Crippen LogP contribution in [0.4, 0.5) is 35.3 Å². The molecule has 6 aliphatic heterocycles. The molecule has 6 saturated heterocycles. The summed E-state index contributed by atoms with van der Waals surface area (Å²) in [7, 11) is 0. The van der Waals surface area contributed by atoms with Crippen LogP contribution in [0.15, 0.2) is 77.5 Å². The first kappa shape index (κ1) is 80.0. The molecule has 9 aliphatic rings. The average molecular weight is 1620 g/mol. The number of aryl methyl sites for hydroxylation is 4. The second kappa shape index (κ2) is 33.2. The van der Waals surface area contributed by atoms with Gasteiger partial charge in [-0.25, -0.2) is 15.0 Å². The Morgan fingerprint density at radius 3 is 1.30 bits per heavy atom. The number of nitrogens with one attached hydrogen (secondary N) is 3. The van der Waals surface area contributed by atoms with Crippen LogP contribution in [0.5, 0.6) is 0 Å². The fourth-order valence-corrected chi connectivity index (χ4v) is 21.7. The molecule has 17 rings (SSSR count). The van der Waals surface area contributed by atoms with Crippen LogP contribution in [0.3, 0.4) is 0 Å². The van der Waals surface area contributed by atoms with Gasteiger partial charge in [-0.2, -0.15) is 15.0 Å². The Bertz CT molecular complexity index is 4550. The Morgan fingerprint density at radius 2 is 0.866 bits per heavy atom. The zero-order chi connectivity index (χ0) is 78.8. The number of aromatic nitrogens is 6. The van der Waals surface area contributed by atoms with Gasteiger partial charge in [0, 0.05) is 103 Å². The minimum atomic E-state index is -0.648. The van der Waals surface area contributed by atoms with Gasteiger partial charge in [-0.1, -0.05) is 71.2 Å². The molecule has 9 fully saturated rings. The van der Waals surface area contributed by atoms with Crippen LogP contribution in [-0.2, 0) is 14.4 Å². The number of anilines is 6. The van der Waals surface area contributed by atoms with E-state index in [4.69, 9.17) is 64.7 Å². The average Bonchev–Trinajstić information content (AvgIpc) is 1.60. The van der Waals surface area contributed by atoms with Crippen molar-refractivity contribution in [3.63, 3.8) is 0 Å². The molecule has 3 aliphatic carbocycles. The normalized spacial score (nSPS) is 26.7. The monoisotopic (exact) mass is 1620 g/mol. The first-order valence-corrected chi connectivity index (χ1v) is 43.6. The fraction of sp³-hybridized carbons (Fsp3) is 0.570. The Balaban J connectivity index is 0.000000133. The lowest BCUT2D eigenvalue weighted by Crippen LogP contribution is -2.58. The highest BCUT2D eigenvalue weighted by atomic mass is 35.5. The van der Waals surface area contributed by atoms with Crippen molar-refractivity contribution in [3.05, 3.63) is 137 Å². The number of carboxylic acid groups (broad SMARTS) is 3. The van der Waals surface area contributed by atoms with Crippen LogP contribution in [0.1, 0.15) is 174 Å². The summed E-state index contributed by atoms with van der Waals surface area (Å²) >= 11 is 22.9. The largest absolute Gasteiger partial charge is 0.481 e. The third-order valence-corrected chi connectivity index (χ3v) is 29.4. The number of carbonyl (C=O) groups is 3. The molecule has 0 bridgehead atoms. The van der Waals surface area contributed by atoms with Gasteiger partial charge in [0.05, 0.1) is 50.5 Å². The second-order valence-electron chi connectivity index (χ2n) is 35.0. The predicted octanol–water partition coefficient (Wildman–Crippen LogP) is 17.7. The molecule has 6 N–H and O–H groups in total. The SMILES string of the molecule is Cc1ccc(C(C)Nc2nc(N3CC(C4CCCN(C5CC(C(=O)O)C5)C4)C3)nc(C)c2C)c(Cl)c1.Cc1ccc(C(C)Nc2nc(N3CC(C4CCCN(C5CC(C)(C(=O)O)C5)C4)C3)nc3ccsc23)c(Cl)c1.Cc1ccc(C(C)Nc2nc(N3CC(C4CCCN(C5CC(C)(C(=O)O)C5)C4)C3)nc3sccc23)c(Cl)c1. The number of hydrogen-bond acceptors (Lipinski definition) is 20. The molecule has 598 valence electrons. The Morgan fingerprint density at radius 1 is 0.473 bits per heavy atom. The lowest BCUT2D eigenvalue weighted by atomic mass is 9.65. The van der Waals surface area contributed by atoms with Crippen LogP contribution in [0.25, 0.3) is 20.4 Å². The molecule has 5 aromatic heterocycles. The van der Waals surface area contributed by atoms with Crippen molar-refractivity contribution in [1.29, 1.82) is 0 Å². The van der Waals surface area contributed by atoms with Crippen molar-refractivity contribution in [1.82, 2.24) is 44.6 Å². The van der Waals surface area contributed by atoms with Crippen LogP contribution < -0.4 is 30.7 Å². The van der Waals surface area contributed by atoms with Gasteiger partial charge < -0.3 is 60.7 Å². The summed E-state index contributed by atoms with van der Waals surface area (Å²) in [6.07, 6.45) is 12.1. The fourth-order valence-electron chi connectivity index (χ4n) is 19.0. The Hall–Kier alpha value is -7.22. The predicted molar refractivity (Wildman–Crippen MR) is 453 cm³/mol. The number of piperidine rings is 3. The van der Waals surface area contributed by atoms with Crippen LogP contribution in [0.2, 0.25) is 15.1 Å². The first-order chi connectivity index (χ1) is 53.6. The molecule has 11 heterocycles. The van der Waals surface area contributed by atoms with Crippen LogP contribution in [-0.4, -0.2) is 174 Å². The number of carboxylic acids is 3. The van der Waals surface area contributed by atoms with Crippen molar-refractivity contribution >= 4 is 131 Å². The number of likely N-dealkylation sites (tertiary alicyclic amines) is 3. The van der Waals surface area contributed by atoms with Gasteiger partial charge in [-0.15, -0.1) is 22.7 Å². The standard InChI is InChI=1S/2C29H36ClN5O2S.C28H38ClN5O2/c1-17-6-7-22(23(30)11-17)18(2)31-26-25-24(8-10-38-25)32-28(33-26)35-15-20(16-35)19-5-4-9-34(14-19)21-12-29(3,13-21)27(36)37;1-17-6-7-22(24(30)11-17)18(2)31-25-23-8-10-38-26(23)33-28(32-25)35-15-20(16-35)19-5-4-9-34(14-19)21-12-29(3,13-21)27(36)37;1-16-7-8-24(25(29)10-16)19(4)30-26-17(2)18(3)31-28(32-26)34-14-22(15-34)20-6-5-9-33(13-20)23-11-21(12-23)27(35)36/h2*6-8,10-11,18-21H,4-5,9,12-16H2,1-3H3,(H,36,37)(H,31,32,33);7-8,10,19-23H,5-6,9,11-15H2,1-4H3,(H,35,36)(H,30,31,32). The van der Waals surface area contributed by atoms with Gasteiger partial charge in [0.15, 0.2) is 0 Å². The zero-order valence-electron chi connectivity index (χ0n) is 66.4. The van der Waals surface area contributed by atoms with E-state index in [1.165, 1.54) is 38.5 Å². The molecule has 112 heavy (non-hydrogen) atoms. The molecular formula is C86H110Cl3N15O6S2. The molecule has 0 amide bonds. The molecule has 0 spiro atoms. The maximum absolute atomic E-state index is 11.5. The van der Waals surface area contributed by atoms with E-state index in [2.05, 4.69) is 139 Å². The lowest BCUT2D eigenvalue weighted by molar-refractivity contribution is -0.159. The van der Waals surface area contributed by atoms with Gasteiger partial charge in [0.1, 0.15) is 22.3 Å². The third-order valence-electron chi connectivity index (χ3n) is 26.7. The van der Waals surface area contributed by atoms with E-state index in [0.717, 1.165) is 232 Å². The summed E-state index contributed by atoms with van der Waals surface area (Å²) in [5.41, 5.74) is 8.60. The maximum atomic E-state index is 11.5. The van der Waals surface area contributed by atoms with Gasteiger partial charge >= 0.3 is 17.9 Å². The van der Waals surface area contributed by atoms with Gasteiger partial charge in [0.2, 0.25) is 17.8 Å². The van der Waals surface area contributed by atoms with E-state index in [0.29, 0.717) is 53.6 Å². The minimum absolute atomic E-state index is 0.0146. The number of thiophene rings is 2. The molecule has 21 nitrogen and oxygen atoms in total. The summed E-state index contributed by atoms with van der Waals surface area (Å²) in [4.78, 5) is 79.4. The third kappa shape index (κ3) is 17.1. The van der Waals surface area contributed by atoms with Gasteiger partial charge in [0.25, 0.3) is 0 Å². The molecule has 6 atom stereocenters. The topological polar surface area (TPSA) is 245 Å². The molecule has 3 aromatic carbocycles. The summed E-state index contributed by atoms with van der Waals surface area (Å²) in [5.74, 6) is 6.81. The van der Waals surface area contributed by atoms with Crippen LogP contribution >= 0.6 is 57.5 Å². The minimum Gasteiger partial charge on any atom is -0.481 e. The van der Waals surface area contributed by atoms with E-state index in [1.807, 2.05) is 52.8 Å². The second-order valence-corrected chi connectivity index (χ2v) is 38.0. The van der Waals surface area contributed by atoms with E-state index < -0.39 is 28.7 Å². The Kier molecular flexibility index (Phi) is 23.7. The number of nitrogens with zero attached hydrogens (tertiary/aromatic N) is 12. The number of aliphatic carboxylic acids is 3. The lowest BCUT2D eigenvalue weighted by Gasteiger charge is -2.52. The van der Waals surface area contributed by atoms with Gasteiger partial charge in [-0.05, 0) is 276 Å². The highest BCUT2D eigenvalue weighted by molar-refractivity contribution is 7.17. The maximum Gasteiger partial charge on any atom is 0.309 e. The number of benzene rings is 3. The Labute approximate surface area is 682 Å². The highest BCUT2D eigenvalue weighted by Crippen LogP contribution is 2.49. The van der Waals surface area contributed by atoms with Crippen molar-refractivity contribution in [2.24, 2.45) is 52.3 Å². The number of rotatable bonds is 21. The van der Waals surface area contributed by atoms with E-state index in [1.54, 1.807) is 22.7 Å². The van der Waals surface area contributed by atoms with Crippen molar-refractivity contribution < 1.29 is 29.7 Å². The zero-order valence-corrected chi connectivity index (χ0v) is 70.3. The summed E-state index contributed by atoms with van der Waals surface area (Å²) < 4.78 is 1.07. The molecule has 6 unspecified atom stereocenters. The van der Waals surface area contributed by atoms with E-state index in [-0.39, 0.29) is 24.0 Å². The summed E-state index contributed by atoms with van der Waals surface area (Å²) in [5, 5.41) is 46.5.